The second kappa shape index (κ2) is 10.6. The van der Waals surface area contributed by atoms with E-state index in [1.807, 2.05) is 6.92 Å². The number of nitrogens with one attached hydrogen (secondary N) is 1. The van der Waals surface area contributed by atoms with Gasteiger partial charge in [-0.15, -0.1) is 0 Å². The van der Waals surface area contributed by atoms with Gasteiger partial charge < -0.3 is 29.2 Å². The lowest BCUT2D eigenvalue weighted by Gasteiger charge is -2.37. The van der Waals surface area contributed by atoms with Gasteiger partial charge in [-0.3, -0.25) is 0 Å². The highest BCUT2D eigenvalue weighted by atomic mass is 19.3. The Morgan fingerprint density at radius 1 is 1.28 bits per heavy atom. The molecule has 29 heavy (non-hydrogen) atoms. The molecule has 2 atom stereocenters. The normalized spacial score (nSPS) is 22.8. The molecule has 2 aliphatic rings. The van der Waals surface area contributed by atoms with Crippen LogP contribution in [0.2, 0.25) is 0 Å². The Balaban J connectivity index is 1.70. The molecule has 1 aromatic rings. The smallest absolute Gasteiger partial charge is 0.387 e. The van der Waals surface area contributed by atoms with Crippen LogP contribution in [0.4, 0.5) is 8.78 Å². The molecule has 7 nitrogen and oxygen atoms in total. The maximum Gasteiger partial charge on any atom is 0.387 e. The minimum Gasteiger partial charge on any atom is -0.493 e. The van der Waals surface area contributed by atoms with E-state index in [2.05, 4.69) is 15.0 Å². The number of methoxy groups -OCH3 is 1. The van der Waals surface area contributed by atoms with Gasteiger partial charge in [0.2, 0.25) is 0 Å². The molecule has 3 rings (SSSR count). The Morgan fingerprint density at radius 3 is 2.79 bits per heavy atom. The van der Waals surface area contributed by atoms with Crippen molar-refractivity contribution in [1.29, 1.82) is 0 Å². The Bertz CT molecular complexity index is 684. The molecule has 0 aromatic heterocycles. The number of aliphatic imine (C=N–C) groups is 1. The first-order chi connectivity index (χ1) is 14.1. The van der Waals surface area contributed by atoms with Gasteiger partial charge in [0.25, 0.3) is 0 Å². The molecule has 2 unspecified atom stereocenters. The summed E-state index contributed by atoms with van der Waals surface area (Å²) in [6.07, 6.45) is 2.25. The lowest BCUT2D eigenvalue weighted by Crippen LogP contribution is -2.53. The highest BCUT2D eigenvalue weighted by molar-refractivity contribution is 5.80. The molecule has 0 bridgehead atoms. The summed E-state index contributed by atoms with van der Waals surface area (Å²) in [5.74, 6) is 1.04. The van der Waals surface area contributed by atoms with E-state index in [0.717, 1.165) is 44.1 Å². The van der Waals surface area contributed by atoms with Crippen molar-refractivity contribution in [3.05, 3.63) is 23.8 Å². The zero-order chi connectivity index (χ0) is 20.6. The van der Waals surface area contributed by atoms with Gasteiger partial charge in [0, 0.05) is 26.2 Å². The predicted molar refractivity (Wildman–Crippen MR) is 105 cm³/mol. The van der Waals surface area contributed by atoms with Gasteiger partial charge in [-0.2, -0.15) is 8.78 Å². The predicted octanol–water partition coefficient (Wildman–Crippen LogP) is 2.64. The molecule has 2 aliphatic heterocycles. The quantitative estimate of drug-likeness (QED) is 0.548. The molecule has 9 heteroatoms. The van der Waals surface area contributed by atoms with Crippen molar-refractivity contribution in [3.8, 4) is 11.5 Å². The van der Waals surface area contributed by atoms with E-state index in [-0.39, 0.29) is 23.7 Å². The van der Waals surface area contributed by atoms with E-state index in [9.17, 15) is 8.78 Å². The topological polar surface area (TPSA) is 64.6 Å². The van der Waals surface area contributed by atoms with Crippen LogP contribution in [0.1, 0.15) is 25.3 Å². The highest BCUT2D eigenvalue weighted by Crippen LogP contribution is 2.29. The molecule has 0 aliphatic carbocycles. The lowest BCUT2D eigenvalue weighted by molar-refractivity contribution is -0.0817. The summed E-state index contributed by atoms with van der Waals surface area (Å²) in [5, 5.41) is 3.31. The first-order valence-electron chi connectivity index (χ1n) is 9.99. The fourth-order valence-corrected chi connectivity index (χ4v) is 3.59. The Hall–Kier alpha value is -2.13. The lowest BCUT2D eigenvalue weighted by atomic mass is 10.1. The molecule has 1 aromatic carbocycles. The molecule has 162 valence electrons. The first kappa shape index (κ1) is 21.6. The summed E-state index contributed by atoms with van der Waals surface area (Å²) < 4.78 is 46.6. The number of hydrogen-bond acceptors (Lipinski definition) is 5. The van der Waals surface area contributed by atoms with Gasteiger partial charge in [-0.05, 0) is 37.5 Å². The molecule has 2 saturated heterocycles. The van der Waals surface area contributed by atoms with Crippen molar-refractivity contribution in [2.75, 3.05) is 40.0 Å². The largest absolute Gasteiger partial charge is 0.493 e. The van der Waals surface area contributed by atoms with Gasteiger partial charge in [-0.1, -0.05) is 6.07 Å². The average molecular weight is 413 g/mol. The van der Waals surface area contributed by atoms with Crippen LogP contribution in [0.5, 0.6) is 11.5 Å². The van der Waals surface area contributed by atoms with Crippen molar-refractivity contribution in [2.24, 2.45) is 4.99 Å². The third-order valence-electron chi connectivity index (χ3n) is 4.96. The van der Waals surface area contributed by atoms with E-state index >= 15 is 0 Å². The van der Waals surface area contributed by atoms with Crippen molar-refractivity contribution < 1.29 is 27.7 Å². The second-order valence-corrected chi connectivity index (χ2v) is 6.94. The number of rotatable bonds is 7. The van der Waals surface area contributed by atoms with Crippen LogP contribution in [0, 0.1) is 0 Å². The summed E-state index contributed by atoms with van der Waals surface area (Å²) in [5.41, 5.74) is 0.751. The number of hydrogen-bond donors (Lipinski definition) is 1. The van der Waals surface area contributed by atoms with Crippen LogP contribution in [0.15, 0.2) is 23.2 Å². The van der Waals surface area contributed by atoms with Crippen LogP contribution in [-0.2, 0) is 16.0 Å². The van der Waals surface area contributed by atoms with E-state index < -0.39 is 6.61 Å². The molecule has 1 N–H and O–H groups in total. The van der Waals surface area contributed by atoms with E-state index in [1.54, 1.807) is 12.1 Å². The SMILES string of the molecule is CCNC(=NCc1ccc(OC)c(OC(F)F)c1)N1CCOC(C2CCCO2)C1. The van der Waals surface area contributed by atoms with Gasteiger partial charge in [0.1, 0.15) is 6.10 Å². The van der Waals surface area contributed by atoms with Crippen LogP contribution in [0.25, 0.3) is 0 Å². The number of ether oxygens (including phenoxy) is 4. The van der Waals surface area contributed by atoms with Gasteiger partial charge in [-0.25, -0.2) is 4.99 Å². The van der Waals surface area contributed by atoms with E-state index in [4.69, 9.17) is 19.2 Å². The zero-order valence-electron chi connectivity index (χ0n) is 16.9. The molecular formula is C20H29F2N3O4. The number of guanidine groups is 1. The molecule has 0 radical (unpaired) electrons. The second-order valence-electron chi connectivity index (χ2n) is 6.94. The van der Waals surface area contributed by atoms with E-state index in [0.29, 0.717) is 19.7 Å². The number of nitrogens with zero attached hydrogens (tertiary/aromatic N) is 2. The number of halogens is 2. The van der Waals surface area contributed by atoms with Crippen molar-refractivity contribution >= 4 is 5.96 Å². The fourth-order valence-electron chi connectivity index (χ4n) is 3.59. The third-order valence-corrected chi connectivity index (χ3v) is 4.96. The summed E-state index contributed by atoms with van der Waals surface area (Å²) >= 11 is 0. The van der Waals surface area contributed by atoms with Crippen LogP contribution in [-0.4, -0.2) is 69.6 Å². The summed E-state index contributed by atoms with van der Waals surface area (Å²) in [4.78, 5) is 6.86. The molecular weight excluding hydrogens is 384 g/mol. The Labute approximate surface area is 170 Å². The zero-order valence-corrected chi connectivity index (χ0v) is 16.9. The van der Waals surface area contributed by atoms with Crippen molar-refractivity contribution in [2.45, 2.75) is 45.1 Å². The monoisotopic (exact) mass is 413 g/mol. The minimum atomic E-state index is -2.91. The average Bonchev–Trinajstić information content (AvgIpc) is 3.26. The summed E-state index contributed by atoms with van der Waals surface area (Å²) in [7, 11) is 1.41. The van der Waals surface area contributed by atoms with E-state index in [1.165, 1.54) is 13.2 Å². The minimum absolute atomic E-state index is 0.00465. The highest BCUT2D eigenvalue weighted by Gasteiger charge is 2.32. The summed E-state index contributed by atoms with van der Waals surface area (Å²) in [6, 6.07) is 4.93. The maximum absolute atomic E-state index is 12.6. The van der Waals surface area contributed by atoms with Crippen molar-refractivity contribution in [3.63, 3.8) is 0 Å². The third kappa shape index (κ3) is 5.93. The van der Waals surface area contributed by atoms with Crippen molar-refractivity contribution in [1.82, 2.24) is 10.2 Å². The van der Waals surface area contributed by atoms with Gasteiger partial charge >= 0.3 is 6.61 Å². The standard InChI is InChI=1S/C20H29F2N3O4/c1-3-23-20(25-8-10-28-18(13-25)16-5-4-9-27-16)24-12-14-6-7-15(26-2)17(11-14)29-19(21)22/h6-7,11,16,18-19H,3-5,8-10,12-13H2,1-2H3,(H,23,24). The molecule has 2 fully saturated rings. The molecule has 0 amide bonds. The van der Waals surface area contributed by atoms with Crippen LogP contribution >= 0.6 is 0 Å². The van der Waals surface area contributed by atoms with Gasteiger partial charge in [0.15, 0.2) is 17.5 Å². The number of benzene rings is 1. The van der Waals surface area contributed by atoms with Crippen LogP contribution in [0.3, 0.4) is 0 Å². The molecule has 0 spiro atoms. The Kier molecular flexibility index (Phi) is 7.88. The fraction of sp³-hybridized carbons (Fsp3) is 0.650. The first-order valence-corrected chi connectivity index (χ1v) is 9.99. The van der Waals surface area contributed by atoms with Crippen LogP contribution < -0.4 is 14.8 Å². The summed E-state index contributed by atoms with van der Waals surface area (Å²) in [6.45, 7) is 2.99. The number of morpholine rings is 1. The van der Waals surface area contributed by atoms with Gasteiger partial charge in [0.05, 0.1) is 26.4 Å². The molecule has 0 saturated carbocycles. The number of alkyl halides is 2. The maximum atomic E-state index is 12.6. The molecule has 2 heterocycles. The Morgan fingerprint density at radius 2 is 2.10 bits per heavy atom.